The highest BCUT2D eigenvalue weighted by molar-refractivity contribution is 5.39. The van der Waals surface area contributed by atoms with Crippen LogP contribution in [0, 0.1) is 0 Å². The molecule has 0 aliphatic heterocycles. The van der Waals surface area contributed by atoms with Crippen LogP contribution in [0.1, 0.15) is 12.8 Å². The molecule has 1 saturated carbocycles. The summed E-state index contributed by atoms with van der Waals surface area (Å²) in [6.07, 6.45) is 2.42. The Morgan fingerprint density at radius 2 is 2.07 bits per heavy atom. The Labute approximate surface area is 88.7 Å². The summed E-state index contributed by atoms with van der Waals surface area (Å²) in [5.74, 6) is 1.19. The van der Waals surface area contributed by atoms with Crippen LogP contribution in [0.2, 0.25) is 0 Å². The SMILES string of the molecule is CNc1nc(OC)nc(N(C)C2CC2)n1. The molecule has 0 radical (unpaired) electrons. The minimum atomic E-state index is 0.344. The number of hydrogen-bond donors (Lipinski definition) is 1. The first-order valence-corrected chi connectivity index (χ1v) is 4.95. The summed E-state index contributed by atoms with van der Waals surface area (Å²) in [6, 6.07) is 0.915. The van der Waals surface area contributed by atoms with E-state index in [-0.39, 0.29) is 0 Å². The Bertz CT molecular complexity index is 330. The van der Waals surface area contributed by atoms with Crippen molar-refractivity contribution in [3.05, 3.63) is 0 Å². The van der Waals surface area contributed by atoms with Gasteiger partial charge in [0.05, 0.1) is 7.11 Å². The fourth-order valence-corrected chi connectivity index (χ4v) is 1.33. The zero-order valence-corrected chi connectivity index (χ0v) is 9.19. The van der Waals surface area contributed by atoms with Gasteiger partial charge in [-0.15, -0.1) is 0 Å². The molecule has 1 heterocycles. The van der Waals surface area contributed by atoms with Crippen molar-refractivity contribution in [1.82, 2.24) is 15.0 Å². The van der Waals surface area contributed by atoms with E-state index in [1.807, 2.05) is 7.05 Å². The molecule has 82 valence electrons. The number of rotatable bonds is 4. The fraction of sp³-hybridized carbons (Fsp3) is 0.667. The highest BCUT2D eigenvalue weighted by Gasteiger charge is 2.28. The van der Waals surface area contributed by atoms with Crippen molar-refractivity contribution in [2.45, 2.75) is 18.9 Å². The maximum Gasteiger partial charge on any atom is 0.322 e. The van der Waals surface area contributed by atoms with Crippen LogP contribution >= 0.6 is 0 Å². The van der Waals surface area contributed by atoms with Crippen LogP contribution in [0.3, 0.4) is 0 Å². The first-order valence-electron chi connectivity index (χ1n) is 4.95. The summed E-state index contributed by atoms with van der Waals surface area (Å²) in [7, 11) is 5.32. The van der Waals surface area contributed by atoms with Gasteiger partial charge in [-0.05, 0) is 12.8 Å². The Morgan fingerprint density at radius 3 is 2.60 bits per heavy atom. The zero-order chi connectivity index (χ0) is 10.8. The van der Waals surface area contributed by atoms with Crippen LogP contribution in [0.15, 0.2) is 0 Å². The van der Waals surface area contributed by atoms with Gasteiger partial charge >= 0.3 is 6.01 Å². The molecule has 15 heavy (non-hydrogen) atoms. The van der Waals surface area contributed by atoms with Crippen molar-refractivity contribution in [2.75, 3.05) is 31.4 Å². The quantitative estimate of drug-likeness (QED) is 0.780. The lowest BCUT2D eigenvalue weighted by Gasteiger charge is -2.16. The van der Waals surface area contributed by atoms with Crippen LogP contribution in [0.5, 0.6) is 6.01 Å². The summed E-state index contributed by atoms with van der Waals surface area (Å²) >= 11 is 0. The van der Waals surface area contributed by atoms with Crippen LogP contribution < -0.4 is 15.0 Å². The molecular weight excluding hydrogens is 194 g/mol. The Hall–Kier alpha value is -1.59. The van der Waals surface area contributed by atoms with Gasteiger partial charge in [0.25, 0.3) is 0 Å². The lowest BCUT2D eigenvalue weighted by Crippen LogP contribution is -2.22. The zero-order valence-electron chi connectivity index (χ0n) is 9.19. The third kappa shape index (κ3) is 2.08. The highest BCUT2D eigenvalue weighted by atomic mass is 16.5. The molecule has 2 rings (SSSR count). The summed E-state index contributed by atoms with van der Waals surface area (Å²) in [5.41, 5.74) is 0. The van der Waals surface area contributed by atoms with Crippen molar-refractivity contribution in [3.8, 4) is 6.01 Å². The molecular formula is C9H15N5O. The topological polar surface area (TPSA) is 63.2 Å². The second-order valence-corrected chi connectivity index (χ2v) is 3.54. The van der Waals surface area contributed by atoms with Crippen LogP contribution in [0.25, 0.3) is 0 Å². The maximum atomic E-state index is 5.02. The van der Waals surface area contributed by atoms with Crippen LogP contribution in [0.4, 0.5) is 11.9 Å². The van der Waals surface area contributed by atoms with Gasteiger partial charge in [-0.2, -0.15) is 15.0 Å². The molecule has 1 aliphatic rings. The molecule has 1 fully saturated rings. The molecule has 0 amide bonds. The normalized spacial score (nSPS) is 14.9. The molecule has 1 aromatic heterocycles. The number of nitrogens with zero attached hydrogens (tertiary/aromatic N) is 4. The predicted molar refractivity (Wildman–Crippen MR) is 57.4 cm³/mol. The highest BCUT2D eigenvalue weighted by Crippen LogP contribution is 2.28. The van der Waals surface area contributed by atoms with Crippen LogP contribution in [-0.2, 0) is 0 Å². The van der Waals surface area contributed by atoms with Crippen molar-refractivity contribution >= 4 is 11.9 Å². The summed E-state index contributed by atoms with van der Waals surface area (Å²) in [6.45, 7) is 0. The molecule has 0 unspecified atom stereocenters. The number of methoxy groups -OCH3 is 1. The molecule has 0 saturated heterocycles. The molecule has 0 atom stereocenters. The molecule has 1 N–H and O–H groups in total. The van der Waals surface area contributed by atoms with Gasteiger partial charge < -0.3 is 15.0 Å². The van der Waals surface area contributed by atoms with Crippen LogP contribution in [-0.4, -0.2) is 42.2 Å². The van der Waals surface area contributed by atoms with E-state index in [2.05, 4.69) is 25.2 Å². The van der Waals surface area contributed by atoms with E-state index in [0.29, 0.717) is 23.9 Å². The molecule has 0 aromatic carbocycles. The largest absolute Gasteiger partial charge is 0.467 e. The average molecular weight is 209 g/mol. The third-order valence-corrected chi connectivity index (χ3v) is 2.42. The number of nitrogens with one attached hydrogen (secondary N) is 1. The van der Waals surface area contributed by atoms with Gasteiger partial charge in [-0.1, -0.05) is 0 Å². The standard InChI is InChI=1S/C9H15N5O/c1-10-7-11-8(13-9(12-7)15-3)14(2)6-4-5-6/h6H,4-5H2,1-3H3,(H,10,11,12,13). The number of aromatic nitrogens is 3. The van der Waals surface area contributed by atoms with E-state index in [9.17, 15) is 0 Å². The first kappa shape index (κ1) is 9.95. The van der Waals surface area contributed by atoms with Gasteiger partial charge in [0.1, 0.15) is 0 Å². The lowest BCUT2D eigenvalue weighted by atomic mass is 10.6. The van der Waals surface area contributed by atoms with Gasteiger partial charge in [0, 0.05) is 20.1 Å². The first-order chi connectivity index (χ1) is 7.24. The fourth-order valence-electron chi connectivity index (χ4n) is 1.33. The molecule has 0 spiro atoms. The molecule has 6 heteroatoms. The van der Waals surface area contributed by atoms with Gasteiger partial charge in [-0.3, -0.25) is 0 Å². The monoisotopic (exact) mass is 209 g/mol. The Morgan fingerprint density at radius 1 is 1.33 bits per heavy atom. The van der Waals surface area contributed by atoms with E-state index in [1.165, 1.54) is 12.8 Å². The molecule has 1 aromatic rings. The van der Waals surface area contributed by atoms with Gasteiger partial charge in [0.2, 0.25) is 11.9 Å². The maximum absolute atomic E-state index is 5.02. The predicted octanol–water partition coefficient (Wildman–Crippen LogP) is 0.520. The minimum absolute atomic E-state index is 0.344. The van der Waals surface area contributed by atoms with Crippen molar-refractivity contribution in [3.63, 3.8) is 0 Å². The minimum Gasteiger partial charge on any atom is -0.467 e. The Kier molecular flexibility index (Phi) is 2.57. The van der Waals surface area contributed by atoms with Crippen molar-refractivity contribution in [1.29, 1.82) is 0 Å². The lowest BCUT2D eigenvalue weighted by molar-refractivity contribution is 0.379. The number of ether oxygens (including phenoxy) is 1. The smallest absolute Gasteiger partial charge is 0.322 e. The van der Waals surface area contributed by atoms with E-state index in [1.54, 1.807) is 14.2 Å². The van der Waals surface area contributed by atoms with E-state index < -0.39 is 0 Å². The number of anilines is 2. The summed E-state index contributed by atoms with van der Waals surface area (Å²) in [4.78, 5) is 14.6. The summed E-state index contributed by atoms with van der Waals surface area (Å²) in [5, 5.41) is 2.89. The second-order valence-electron chi connectivity index (χ2n) is 3.54. The van der Waals surface area contributed by atoms with Gasteiger partial charge in [-0.25, -0.2) is 0 Å². The van der Waals surface area contributed by atoms with Crippen molar-refractivity contribution in [2.24, 2.45) is 0 Å². The van der Waals surface area contributed by atoms with Crippen molar-refractivity contribution < 1.29 is 4.74 Å². The van der Waals surface area contributed by atoms with Gasteiger partial charge in [0.15, 0.2) is 0 Å². The van der Waals surface area contributed by atoms with E-state index in [4.69, 9.17) is 4.74 Å². The molecule has 1 aliphatic carbocycles. The summed E-state index contributed by atoms with van der Waals surface area (Å²) < 4.78 is 5.02. The second kappa shape index (κ2) is 3.88. The third-order valence-electron chi connectivity index (χ3n) is 2.42. The Balaban J connectivity index is 2.28. The average Bonchev–Trinajstić information content (AvgIpc) is 3.11. The molecule has 0 bridgehead atoms. The van der Waals surface area contributed by atoms with E-state index in [0.717, 1.165) is 0 Å². The number of hydrogen-bond acceptors (Lipinski definition) is 6. The molecule has 6 nitrogen and oxygen atoms in total. The van der Waals surface area contributed by atoms with E-state index >= 15 is 0 Å².